The number of nitrogens with zero attached hydrogens (tertiary/aromatic N) is 3. The van der Waals surface area contributed by atoms with Crippen LogP contribution < -0.4 is 5.32 Å². The van der Waals surface area contributed by atoms with E-state index in [1.807, 2.05) is 18.3 Å². The number of pyridine rings is 1. The van der Waals surface area contributed by atoms with Crippen molar-refractivity contribution in [3.63, 3.8) is 0 Å². The Bertz CT molecular complexity index is 1290. The number of hydrogen-bond acceptors (Lipinski definition) is 5. The molecule has 1 aromatic heterocycles. The second-order valence-corrected chi connectivity index (χ2v) is 11.8. The van der Waals surface area contributed by atoms with Gasteiger partial charge in [0, 0.05) is 57.5 Å². The summed E-state index contributed by atoms with van der Waals surface area (Å²) >= 11 is 0. The van der Waals surface area contributed by atoms with Crippen LogP contribution in [0.25, 0.3) is 11.1 Å². The fourth-order valence-electron chi connectivity index (χ4n) is 5.23. The molecule has 10 heteroatoms. The van der Waals surface area contributed by atoms with Gasteiger partial charge in [-0.05, 0) is 60.8 Å². The molecule has 1 aliphatic carbocycles. The van der Waals surface area contributed by atoms with Crippen molar-refractivity contribution >= 4 is 11.9 Å². The summed E-state index contributed by atoms with van der Waals surface area (Å²) in [5.41, 5.74) is 6.00. The summed E-state index contributed by atoms with van der Waals surface area (Å²) in [7, 11) is 4.14. The monoisotopic (exact) mass is 626 g/mol. The summed E-state index contributed by atoms with van der Waals surface area (Å²) in [6.07, 6.45) is 4.70. The van der Waals surface area contributed by atoms with Crippen LogP contribution in [0.4, 0.5) is 13.2 Å². The van der Waals surface area contributed by atoms with Gasteiger partial charge in [0.05, 0.1) is 0 Å². The quantitative estimate of drug-likeness (QED) is 0.197. The number of hydrogen-bond donors (Lipinski definition) is 2. The standard InChI is InChI=1S/C33H44N4O.C2HF3O2/c1-36(2)23-24-37(33(38)19-14-27-7-3-4-8-27)26-29-12-17-31(18-13-29)30-15-10-28(11-16-30)25-34-22-20-32-9-5-6-21-35-32;3-2(4,5)1(6)7/h5-6,9-13,15-18,21,27,34H,3-4,7-8,14,19-20,22-26H2,1-2H3;(H,6,7). The lowest BCUT2D eigenvalue weighted by atomic mass is 10.0. The number of carbonyl (C=O) groups is 2. The zero-order valence-corrected chi connectivity index (χ0v) is 26.2. The first-order valence-corrected chi connectivity index (χ1v) is 15.5. The minimum atomic E-state index is -5.08. The van der Waals surface area contributed by atoms with Gasteiger partial charge in [0.1, 0.15) is 0 Å². The third kappa shape index (κ3) is 13.4. The van der Waals surface area contributed by atoms with Crippen molar-refractivity contribution in [2.75, 3.05) is 33.7 Å². The second-order valence-electron chi connectivity index (χ2n) is 11.8. The van der Waals surface area contributed by atoms with E-state index in [2.05, 4.69) is 88.8 Å². The zero-order chi connectivity index (χ0) is 32.7. The van der Waals surface area contributed by atoms with Gasteiger partial charge in [-0.3, -0.25) is 9.78 Å². The highest BCUT2D eigenvalue weighted by molar-refractivity contribution is 5.76. The average Bonchev–Trinajstić information content (AvgIpc) is 3.55. The largest absolute Gasteiger partial charge is 0.490 e. The number of nitrogens with one attached hydrogen (secondary N) is 1. The number of carboxylic acids is 1. The maximum Gasteiger partial charge on any atom is 0.490 e. The van der Waals surface area contributed by atoms with Gasteiger partial charge in [-0.15, -0.1) is 0 Å². The van der Waals surface area contributed by atoms with Crippen LogP contribution in [-0.4, -0.2) is 71.7 Å². The summed E-state index contributed by atoms with van der Waals surface area (Å²) < 4.78 is 31.7. The predicted molar refractivity (Wildman–Crippen MR) is 170 cm³/mol. The number of aromatic nitrogens is 1. The lowest BCUT2D eigenvalue weighted by Gasteiger charge is -2.25. The topological polar surface area (TPSA) is 85.8 Å². The zero-order valence-electron chi connectivity index (χ0n) is 26.2. The van der Waals surface area contributed by atoms with Gasteiger partial charge in [-0.25, -0.2) is 4.79 Å². The van der Waals surface area contributed by atoms with Crippen LogP contribution in [0.15, 0.2) is 72.9 Å². The number of amides is 1. The Kier molecular flexibility index (Phi) is 14.5. The number of carboxylic acid groups (broad SMARTS) is 1. The molecule has 0 aliphatic heterocycles. The average molecular weight is 627 g/mol. The van der Waals surface area contributed by atoms with Gasteiger partial charge in [-0.1, -0.05) is 80.3 Å². The Labute approximate surface area is 264 Å². The van der Waals surface area contributed by atoms with Crippen molar-refractivity contribution in [1.82, 2.24) is 20.1 Å². The van der Waals surface area contributed by atoms with Crippen molar-refractivity contribution in [3.05, 3.63) is 89.7 Å². The normalized spacial score (nSPS) is 13.4. The summed E-state index contributed by atoms with van der Waals surface area (Å²) in [6.45, 7) is 4.10. The van der Waals surface area contributed by atoms with E-state index in [0.717, 1.165) is 50.6 Å². The van der Waals surface area contributed by atoms with E-state index in [9.17, 15) is 18.0 Å². The van der Waals surface area contributed by atoms with E-state index in [-0.39, 0.29) is 0 Å². The van der Waals surface area contributed by atoms with E-state index in [1.54, 1.807) is 0 Å². The SMILES string of the molecule is CN(C)CCN(Cc1ccc(-c2ccc(CNCCc3ccccn3)cc2)cc1)C(=O)CCC1CCCC1.O=C(O)C(F)(F)F. The molecule has 0 atom stereocenters. The van der Waals surface area contributed by atoms with Crippen LogP contribution in [0.1, 0.15) is 55.3 Å². The third-order valence-corrected chi connectivity index (χ3v) is 7.88. The molecular weight excluding hydrogens is 581 g/mol. The molecule has 4 rings (SSSR count). The minimum absolute atomic E-state index is 0.298. The van der Waals surface area contributed by atoms with Gasteiger partial charge in [-0.2, -0.15) is 13.2 Å². The van der Waals surface area contributed by atoms with Crippen molar-refractivity contribution in [2.45, 2.75) is 64.2 Å². The second kappa shape index (κ2) is 18.3. The summed E-state index contributed by atoms with van der Waals surface area (Å²) in [5, 5.41) is 10.6. The minimum Gasteiger partial charge on any atom is -0.475 e. The summed E-state index contributed by atoms with van der Waals surface area (Å²) in [4.78, 5) is 30.6. The molecule has 0 radical (unpaired) electrons. The number of aliphatic carboxylic acids is 1. The first-order chi connectivity index (χ1) is 21.5. The third-order valence-electron chi connectivity index (χ3n) is 7.88. The highest BCUT2D eigenvalue weighted by Crippen LogP contribution is 2.29. The maximum absolute atomic E-state index is 13.1. The Hall–Kier alpha value is -3.76. The molecule has 244 valence electrons. The van der Waals surface area contributed by atoms with Gasteiger partial charge in [0.15, 0.2) is 0 Å². The number of benzene rings is 2. The van der Waals surface area contributed by atoms with Gasteiger partial charge >= 0.3 is 12.1 Å². The lowest BCUT2D eigenvalue weighted by Crippen LogP contribution is -2.36. The number of rotatable bonds is 14. The number of likely N-dealkylation sites (N-methyl/N-ethyl adjacent to an activating group) is 1. The molecule has 1 saturated carbocycles. The smallest absolute Gasteiger partial charge is 0.475 e. The molecule has 3 aromatic rings. The molecule has 1 aliphatic rings. The molecule has 2 N–H and O–H groups in total. The molecule has 0 saturated heterocycles. The Balaban J connectivity index is 0.000000707. The van der Waals surface area contributed by atoms with Gasteiger partial charge < -0.3 is 20.2 Å². The highest BCUT2D eigenvalue weighted by atomic mass is 19.4. The van der Waals surface area contributed by atoms with Crippen LogP contribution in [0, 0.1) is 5.92 Å². The van der Waals surface area contributed by atoms with Crippen molar-refractivity contribution in [1.29, 1.82) is 0 Å². The van der Waals surface area contributed by atoms with Crippen LogP contribution in [0.2, 0.25) is 0 Å². The van der Waals surface area contributed by atoms with Crippen molar-refractivity contribution in [2.24, 2.45) is 5.92 Å². The van der Waals surface area contributed by atoms with E-state index >= 15 is 0 Å². The van der Waals surface area contributed by atoms with Crippen LogP contribution in [0.5, 0.6) is 0 Å². The van der Waals surface area contributed by atoms with E-state index in [1.165, 1.54) is 47.9 Å². The van der Waals surface area contributed by atoms with Crippen LogP contribution >= 0.6 is 0 Å². The summed E-state index contributed by atoms with van der Waals surface area (Å²) in [5.74, 6) is -1.71. The van der Waals surface area contributed by atoms with Crippen LogP contribution in [0.3, 0.4) is 0 Å². The van der Waals surface area contributed by atoms with Gasteiger partial charge in [0.2, 0.25) is 5.91 Å². The highest BCUT2D eigenvalue weighted by Gasteiger charge is 2.38. The van der Waals surface area contributed by atoms with Gasteiger partial charge in [0.25, 0.3) is 0 Å². The van der Waals surface area contributed by atoms with Crippen molar-refractivity contribution in [3.8, 4) is 11.1 Å². The first-order valence-electron chi connectivity index (χ1n) is 15.5. The Morgan fingerprint density at radius 1 is 0.911 bits per heavy atom. The first kappa shape index (κ1) is 35.7. The number of carbonyl (C=O) groups excluding carboxylic acids is 1. The molecule has 0 spiro atoms. The molecular formula is C35H45F3N4O3. The predicted octanol–water partition coefficient (Wildman–Crippen LogP) is 6.57. The van der Waals surface area contributed by atoms with Crippen molar-refractivity contribution < 1.29 is 27.9 Å². The molecule has 45 heavy (non-hydrogen) atoms. The molecule has 2 aromatic carbocycles. The number of alkyl halides is 3. The Morgan fingerprint density at radius 3 is 2.04 bits per heavy atom. The molecule has 0 bridgehead atoms. The van der Waals surface area contributed by atoms with E-state index < -0.39 is 12.1 Å². The molecule has 1 amide bonds. The van der Waals surface area contributed by atoms with E-state index in [0.29, 0.717) is 18.9 Å². The van der Waals surface area contributed by atoms with E-state index in [4.69, 9.17) is 9.90 Å². The lowest BCUT2D eigenvalue weighted by molar-refractivity contribution is -0.192. The summed E-state index contributed by atoms with van der Waals surface area (Å²) in [6, 6.07) is 23.6. The molecule has 1 fully saturated rings. The number of halogens is 3. The molecule has 0 unspecified atom stereocenters. The fraction of sp³-hybridized carbons (Fsp3) is 0.457. The molecule has 1 heterocycles. The maximum atomic E-state index is 13.1. The molecule has 7 nitrogen and oxygen atoms in total. The van der Waals surface area contributed by atoms with Crippen LogP contribution in [-0.2, 0) is 29.1 Å². The fourth-order valence-corrected chi connectivity index (χ4v) is 5.23. The Morgan fingerprint density at radius 2 is 1.51 bits per heavy atom.